The zero-order chi connectivity index (χ0) is 17.9. The van der Waals surface area contributed by atoms with Crippen LogP contribution in [-0.4, -0.2) is 35.9 Å². The summed E-state index contributed by atoms with van der Waals surface area (Å²) in [7, 11) is 3.50. The van der Waals surface area contributed by atoms with Crippen molar-refractivity contribution in [3.05, 3.63) is 29.8 Å². The summed E-state index contributed by atoms with van der Waals surface area (Å²) in [6, 6.07) is 7.70. The average Bonchev–Trinajstić information content (AvgIpc) is 2.52. The molecular formula is C18H27N3O2S. The molecule has 0 aliphatic rings. The Balaban J connectivity index is 2.47. The second kappa shape index (κ2) is 10.8. The van der Waals surface area contributed by atoms with E-state index in [1.54, 1.807) is 19.0 Å². The van der Waals surface area contributed by atoms with Gasteiger partial charge >= 0.3 is 0 Å². The van der Waals surface area contributed by atoms with Crippen LogP contribution in [0, 0.1) is 0 Å². The van der Waals surface area contributed by atoms with Crippen LogP contribution in [0.2, 0.25) is 0 Å². The van der Waals surface area contributed by atoms with Crippen LogP contribution in [0.15, 0.2) is 24.3 Å². The molecule has 24 heavy (non-hydrogen) atoms. The maximum Gasteiger partial charge on any atom is 0.226 e. The monoisotopic (exact) mass is 349 g/mol. The van der Waals surface area contributed by atoms with Crippen molar-refractivity contribution in [1.82, 2.24) is 10.2 Å². The fraction of sp³-hybridized carbons (Fsp3) is 0.500. The summed E-state index contributed by atoms with van der Waals surface area (Å²) in [6.45, 7) is 2.10. The molecule has 0 bridgehead atoms. The number of benzene rings is 1. The lowest BCUT2D eigenvalue weighted by atomic mass is 10.1. The maximum absolute atomic E-state index is 11.7. The molecule has 0 saturated carbocycles. The van der Waals surface area contributed by atoms with E-state index < -0.39 is 0 Å². The van der Waals surface area contributed by atoms with E-state index in [1.165, 1.54) is 0 Å². The van der Waals surface area contributed by atoms with Crippen molar-refractivity contribution in [3.8, 4) is 0 Å². The minimum absolute atomic E-state index is 0.0614. The highest BCUT2D eigenvalue weighted by Gasteiger charge is 2.07. The molecular weight excluding hydrogens is 322 g/mol. The van der Waals surface area contributed by atoms with Gasteiger partial charge in [-0.25, -0.2) is 0 Å². The third-order valence-corrected chi connectivity index (χ3v) is 3.78. The summed E-state index contributed by atoms with van der Waals surface area (Å²) in [5.41, 5.74) is 1.86. The lowest BCUT2D eigenvalue weighted by Gasteiger charge is -2.12. The number of nitrogens with zero attached hydrogens (tertiary/aromatic N) is 1. The Labute approximate surface area is 149 Å². The normalized spacial score (nSPS) is 10.1. The van der Waals surface area contributed by atoms with Crippen molar-refractivity contribution in [2.75, 3.05) is 19.4 Å². The van der Waals surface area contributed by atoms with Crippen molar-refractivity contribution >= 4 is 34.8 Å². The molecule has 1 rings (SSSR count). The van der Waals surface area contributed by atoms with E-state index in [4.69, 9.17) is 12.2 Å². The van der Waals surface area contributed by atoms with Crippen molar-refractivity contribution < 1.29 is 9.59 Å². The number of nitrogens with one attached hydrogen (secondary N) is 2. The molecule has 1 aromatic rings. The molecule has 1 aromatic carbocycles. The van der Waals surface area contributed by atoms with Gasteiger partial charge in [0.25, 0.3) is 0 Å². The molecule has 0 heterocycles. The number of unbranched alkanes of at least 4 members (excludes halogenated alkanes) is 2. The first-order valence-corrected chi connectivity index (χ1v) is 8.73. The molecule has 6 heteroatoms. The van der Waals surface area contributed by atoms with Crippen LogP contribution in [0.4, 0.5) is 5.69 Å². The Morgan fingerprint density at radius 1 is 1.17 bits per heavy atom. The van der Waals surface area contributed by atoms with E-state index in [9.17, 15) is 9.59 Å². The Morgan fingerprint density at radius 3 is 2.58 bits per heavy atom. The Hall–Kier alpha value is -1.95. The van der Waals surface area contributed by atoms with E-state index in [2.05, 4.69) is 17.6 Å². The fourth-order valence-electron chi connectivity index (χ4n) is 2.17. The number of thiocarbonyl (C=S) groups is 1. The zero-order valence-electron chi connectivity index (χ0n) is 14.7. The van der Waals surface area contributed by atoms with E-state index >= 15 is 0 Å². The second-order valence-electron chi connectivity index (χ2n) is 5.95. The molecule has 0 atom stereocenters. The van der Waals surface area contributed by atoms with Gasteiger partial charge in [0.15, 0.2) is 5.11 Å². The largest absolute Gasteiger partial charge is 0.349 e. The van der Waals surface area contributed by atoms with Crippen LogP contribution < -0.4 is 10.6 Å². The molecule has 132 valence electrons. The SMILES string of the molecule is CCCCCC(=O)NC(=S)Nc1cccc(CCC(=O)N(C)C)c1. The van der Waals surface area contributed by atoms with Gasteiger partial charge in [-0.2, -0.15) is 0 Å². The lowest BCUT2D eigenvalue weighted by Crippen LogP contribution is -2.33. The minimum Gasteiger partial charge on any atom is -0.349 e. The van der Waals surface area contributed by atoms with Gasteiger partial charge in [0, 0.05) is 32.6 Å². The van der Waals surface area contributed by atoms with Gasteiger partial charge in [-0.1, -0.05) is 31.9 Å². The van der Waals surface area contributed by atoms with E-state index in [1.807, 2.05) is 24.3 Å². The molecule has 0 aliphatic carbocycles. The number of carbonyl (C=O) groups excluding carboxylic acids is 2. The predicted molar refractivity (Wildman–Crippen MR) is 102 cm³/mol. The van der Waals surface area contributed by atoms with E-state index in [0.717, 1.165) is 30.5 Å². The highest BCUT2D eigenvalue weighted by molar-refractivity contribution is 7.80. The lowest BCUT2D eigenvalue weighted by molar-refractivity contribution is -0.128. The molecule has 0 saturated heterocycles. The average molecular weight is 350 g/mol. The summed E-state index contributed by atoms with van der Waals surface area (Å²) in [4.78, 5) is 25.0. The van der Waals surface area contributed by atoms with Crippen LogP contribution in [-0.2, 0) is 16.0 Å². The van der Waals surface area contributed by atoms with Gasteiger partial charge in [0.05, 0.1) is 0 Å². The highest BCUT2D eigenvalue weighted by atomic mass is 32.1. The van der Waals surface area contributed by atoms with E-state index in [-0.39, 0.29) is 11.8 Å². The van der Waals surface area contributed by atoms with Crippen molar-refractivity contribution in [2.45, 2.75) is 45.4 Å². The van der Waals surface area contributed by atoms with Gasteiger partial charge in [0.2, 0.25) is 11.8 Å². The molecule has 0 aromatic heterocycles. The molecule has 2 amide bonds. The topological polar surface area (TPSA) is 61.4 Å². The fourth-order valence-corrected chi connectivity index (χ4v) is 2.40. The standard InChI is InChI=1S/C18H27N3O2S/c1-4-5-6-10-16(22)20-18(24)19-15-9-7-8-14(13-15)11-12-17(23)21(2)3/h7-9,13H,4-6,10-12H2,1-3H3,(H2,19,20,22,24). The smallest absolute Gasteiger partial charge is 0.226 e. The van der Waals surface area contributed by atoms with Gasteiger partial charge in [-0.15, -0.1) is 0 Å². The van der Waals surface area contributed by atoms with Gasteiger partial charge in [0.1, 0.15) is 0 Å². The van der Waals surface area contributed by atoms with Crippen LogP contribution in [0.3, 0.4) is 0 Å². The number of hydrogen-bond acceptors (Lipinski definition) is 3. The third-order valence-electron chi connectivity index (χ3n) is 3.57. The zero-order valence-corrected chi connectivity index (χ0v) is 15.5. The first-order valence-electron chi connectivity index (χ1n) is 8.32. The maximum atomic E-state index is 11.7. The van der Waals surface area contributed by atoms with Gasteiger partial charge in [-0.3, -0.25) is 9.59 Å². The quantitative estimate of drug-likeness (QED) is 0.559. The predicted octanol–water partition coefficient (Wildman–Crippen LogP) is 3.10. The minimum atomic E-state index is -0.0614. The molecule has 2 N–H and O–H groups in total. The number of rotatable bonds is 8. The van der Waals surface area contributed by atoms with Crippen LogP contribution in [0.25, 0.3) is 0 Å². The van der Waals surface area contributed by atoms with E-state index in [0.29, 0.717) is 24.4 Å². The molecule has 0 radical (unpaired) electrons. The molecule has 0 unspecified atom stereocenters. The van der Waals surface area contributed by atoms with Gasteiger partial charge in [-0.05, 0) is 42.8 Å². The Bertz CT molecular complexity index is 573. The first kappa shape index (κ1) is 20.1. The summed E-state index contributed by atoms with van der Waals surface area (Å²) >= 11 is 5.17. The summed E-state index contributed by atoms with van der Waals surface area (Å²) < 4.78 is 0. The Kier molecular flexibility index (Phi) is 9.01. The van der Waals surface area contributed by atoms with Crippen LogP contribution in [0.1, 0.15) is 44.6 Å². The van der Waals surface area contributed by atoms with Crippen molar-refractivity contribution in [2.24, 2.45) is 0 Å². The molecule has 0 aliphatic heterocycles. The molecule has 0 spiro atoms. The van der Waals surface area contributed by atoms with Crippen molar-refractivity contribution in [3.63, 3.8) is 0 Å². The third kappa shape index (κ3) is 8.06. The number of aryl methyl sites for hydroxylation is 1. The number of carbonyl (C=O) groups is 2. The summed E-state index contributed by atoms with van der Waals surface area (Å²) in [5.74, 6) is 0.0388. The molecule has 5 nitrogen and oxygen atoms in total. The Morgan fingerprint density at radius 2 is 1.92 bits per heavy atom. The second-order valence-corrected chi connectivity index (χ2v) is 6.36. The number of hydrogen-bond donors (Lipinski definition) is 2. The van der Waals surface area contributed by atoms with Crippen LogP contribution >= 0.6 is 12.2 Å². The highest BCUT2D eigenvalue weighted by Crippen LogP contribution is 2.12. The van der Waals surface area contributed by atoms with Crippen LogP contribution in [0.5, 0.6) is 0 Å². The van der Waals surface area contributed by atoms with Gasteiger partial charge < -0.3 is 15.5 Å². The summed E-state index contributed by atoms with van der Waals surface area (Å²) in [6.07, 6.45) is 4.63. The first-order chi connectivity index (χ1) is 11.4. The molecule has 0 fully saturated rings. The number of amides is 2. The summed E-state index contributed by atoms with van der Waals surface area (Å²) in [5, 5.41) is 6.01. The van der Waals surface area contributed by atoms with Crippen molar-refractivity contribution in [1.29, 1.82) is 0 Å². The number of anilines is 1.